The number of likely N-dealkylation sites (N-methyl/N-ethyl adjacent to an activating group) is 1. The first kappa shape index (κ1) is 16.3. The van der Waals surface area contributed by atoms with Gasteiger partial charge >= 0.3 is 0 Å². The van der Waals surface area contributed by atoms with Crippen LogP contribution in [0.25, 0.3) is 0 Å². The summed E-state index contributed by atoms with van der Waals surface area (Å²) in [5.74, 6) is 0. The van der Waals surface area contributed by atoms with Crippen LogP contribution < -0.4 is 10.9 Å². The zero-order valence-corrected chi connectivity index (χ0v) is 13.4. The van der Waals surface area contributed by atoms with Gasteiger partial charge in [0.15, 0.2) is 0 Å². The molecule has 2 heterocycles. The van der Waals surface area contributed by atoms with E-state index >= 15 is 0 Å². The Hall–Kier alpha value is -1.11. The van der Waals surface area contributed by atoms with E-state index < -0.39 is 0 Å². The summed E-state index contributed by atoms with van der Waals surface area (Å²) in [4.78, 5) is 14.1. The van der Waals surface area contributed by atoms with Crippen molar-refractivity contribution in [1.29, 1.82) is 0 Å². The molecule has 1 aromatic rings. The van der Waals surface area contributed by atoms with Crippen LogP contribution in [-0.4, -0.2) is 54.6 Å². The molecule has 0 spiro atoms. The zero-order valence-electron chi connectivity index (χ0n) is 12.6. The molecular weight excluding hydrogens is 292 g/mol. The lowest BCUT2D eigenvalue weighted by atomic mass is 10.2. The Morgan fingerprint density at radius 2 is 2.38 bits per heavy atom. The van der Waals surface area contributed by atoms with Gasteiger partial charge in [0, 0.05) is 19.7 Å². The van der Waals surface area contributed by atoms with E-state index in [4.69, 9.17) is 16.3 Å². The summed E-state index contributed by atoms with van der Waals surface area (Å²) < 4.78 is 6.96. The van der Waals surface area contributed by atoms with Crippen LogP contribution >= 0.6 is 11.6 Å². The van der Waals surface area contributed by atoms with Gasteiger partial charge in [0.25, 0.3) is 5.56 Å². The topological polar surface area (TPSA) is 59.4 Å². The van der Waals surface area contributed by atoms with Crippen molar-refractivity contribution >= 4 is 17.3 Å². The van der Waals surface area contributed by atoms with Crippen LogP contribution in [0.2, 0.25) is 5.02 Å². The highest BCUT2D eigenvalue weighted by molar-refractivity contribution is 6.32. The molecule has 0 radical (unpaired) electrons. The van der Waals surface area contributed by atoms with Crippen molar-refractivity contribution < 1.29 is 4.74 Å². The van der Waals surface area contributed by atoms with E-state index in [-0.39, 0.29) is 10.6 Å². The van der Waals surface area contributed by atoms with Gasteiger partial charge < -0.3 is 15.0 Å². The first-order valence-electron chi connectivity index (χ1n) is 7.33. The van der Waals surface area contributed by atoms with Crippen LogP contribution in [0.4, 0.5) is 5.69 Å². The molecule has 0 bridgehead atoms. The molecule has 1 saturated heterocycles. The summed E-state index contributed by atoms with van der Waals surface area (Å²) in [7, 11) is 3.90. The number of halogens is 1. The second kappa shape index (κ2) is 7.77. The molecule has 7 heteroatoms. The predicted octanol–water partition coefficient (Wildman–Crippen LogP) is 1.44. The minimum absolute atomic E-state index is 0.205. The molecule has 0 amide bonds. The zero-order chi connectivity index (χ0) is 15.2. The molecule has 1 aliphatic rings. The highest BCUT2D eigenvalue weighted by atomic mass is 35.5. The van der Waals surface area contributed by atoms with Gasteiger partial charge in [-0.3, -0.25) is 4.79 Å². The number of hydrogen-bond donors (Lipinski definition) is 1. The lowest BCUT2D eigenvalue weighted by molar-refractivity contribution is 0.107. The molecule has 1 aromatic heterocycles. The summed E-state index contributed by atoms with van der Waals surface area (Å²) >= 11 is 6.13. The molecule has 0 saturated carbocycles. The van der Waals surface area contributed by atoms with Crippen LogP contribution in [-0.2, 0) is 11.3 Å². The Balaban J connectivity index is 1.91. The van der Waals surface area contributed by atoms with Gasteiger partial charge in [0.1, 0.15) is 5.02 Å². The third-order valence-corrected chi connectivity index (χ3v) is 3.91. The molecule has 2 rings (SSSR count). The Morgan fingerprint density at radius 1 is 1.57 bits per heavy atom. The number of aromatic nitrogens is 2. The molecule has 1 N–H and O–H groups in total. The van der Waals surface area contributed by atoms with E-state index in [1.165, 1.54) is 4.68 Å². The molecule has 1 atom stereocenters. The van der Waals surface area contributed by atoms with Gasteiger partial charge in [-0.25, -0.2) is 4.68 Å². The third-order valence-electron chi connectivity index (χ3n) is 3.55. The third kappa shape index (κ3) is 4.69. The fourth-order valence-corrected chi connectivity index (χ4v) is 2.50. The summed E-state index contributed by atoms with van der Waals surface area (Å²) in [5.41, 5.74) is 0.349. The van der Waals surface area contributed by atoms with Gasteiger partial charge in [-0.1, -0.05) is 11.6 Å². The van der Waals surface area contributed by atoms with E-state index in [1.54, 1.807) is 6.20 Å². The van der Waals surface area contributed by atoms with Crippen molar-refractivity contribution in [2.75, 3.05) is 39.1 Å². The summed E-state index contributed by atoms with van der Waals surface area (Å²) in [6.07, 6.45) is 5.11. The number of nitrogens with one attached hydrogen (secondary N) is 1. The van der Waals surface area contributed by atoms with Gasteiger partial charge in [-0.15, -0.1) is 0 Å². The smallest absolute Gasteiger partial charge is 0.287 e. The second-order valence-electron chi connectivity index (χ2n) is 5.55. The summed E-state index contributed by atoms with van der Waals surface area (Å²) in [5, 5.41) is 7.54. The van der Waals surface area contributed by atoms with Crippen molar-refractivity contribution in [3.63, 3.8) is 0 Å². The fourth-order valence-electron chi connectivity index (χ4n) is 2.28. The molecule has 1 unspecified atom stereocenters. The molecule has 118 valence electrons. The van der Waals surface area contributed by atoms with Crippen molar-refractivity contribution in [2.24, 2.45) is 0 Å². The Kier molecular flexibility index (Phi) is 6.02. The monoisotopic (exact) mass is 314 g/mol. The number of hydrogen-bond acceptors (Lipinski definition) is 5. The van der Waals surface area contributed by atoms with Crippen molar-refractivity contribution in [3.05, 3.63) is 21.6 Å². The van der Waals surface area contributed by atoms with E-state index in [1.807, 2.05) is 19.0 Å². The SMILES string of the molecule is CN(C)CCn1ncc(NCCC2CCCO2)c(Cl)c1=O. The highest BCUT2D eigenvalue weighted by Gasteiger charge is 2.15. The van der Waals surface area contributed by atoms with E-state index in [2.05, 4.69) is 10.4 Å². The molecule has 6 nitrogen and oxygen atoms in total. The van der Waals surface area contributed by atoms with Gasteiger partial charge in [0.2, 0.25) is 0 Å². The number of anilines is 1. The molecule has 1 fully saturated rings. The average Bonchev–Trinajstić information content (AvgIpc) is 2.95. The lowest BCUT2D eigenvalue weighted by Gasteiger charge is -2.13. The number of rotatable bonds is 7. The van der Waals surface area contributed by atoms with E-state index in [0.717, 1.165) is 39.0 Å². The van der Waals surface area contributed by atoms with Crippen LogP contribution in [0.15, 0.2) is 11.0 Å². The minimum Gasteiger partial charge on any atom is -0.382 e. The molecular formula is C14H23ClN4O2. The molecule has 0 aromatic carbocycles. The predicted molar refractivity (Wildman–Crippen MR) is 84.1 cm³/mol. The Labute approximate surface area is 130 Å². The van der Waals surface area contributed by atoms with Gasteiger partial charge in [-0.05, 0) is 33.4 Å². The molecule has 21 heavy (non-hydrogen) atoms. The quantitative estimate of drug-likeness (QED) is 0.825. The van der Waals surface area contributed by atoms with E-state index in [9.17, 15) is 4.79 Å². The Bertz CT molecular complexity index is 512. The highest BCUT2D eigenvalue weighted by Crippen LogP contribution is 2.18. The van der Waals surface area contributed by atoms with Crippen LogP contribution in [0.1, 0.15) is 19.3 Å². The van der Waals surface area contributed by atoms with Crippen molar-refractivity contribution in [3.8, 4) is 0 Å². The lowest BCUT2D eigenvalue weighted by Crippen LogP contribution is -2.29. The Morgan fingerprint density at radius 3 is 3.05 bits per heavy atom. The van der Waals surface area contributed by atoms with Crippen molar-refractivity contribution in [1.82, 2.24) is 14.7 Å². The van der Waals surface area contributed by atoms with Gasteiger partial charge in [-0.2, -0.15) is 5.10 Å². The van der Waals surface area contributed by atoms with Crippen LogP contribution in [0.5, 0.6) is 0 Å². The fraction of sp³-hybridized carbons (Fsp3) is 0.714. The second-order valence-corrected chi connectivity index (χ2v) is 5.93. The van der Waals surface area contributed by atoms with Gasteiger partial charge in [0.05, 0.1) is 24.5 Å². The number of ether oxygens (including phenoxy) is 1. The summed E-state index contributed by atoms with van der Waals surface area (Å²) in [6, 6.07) is 0. The normalized spacial score (nSPS) is 18.4. The van der Waals surface area contributed by atoms with Crippen LogP contribution in [0, 0.1) is 0 Å². The first-order valence-corrected chi connectivity index (χ1v) is 7.71. The minimum atomic E-state index is -0.249. The molecule has 1 aliphatic heterocycles. The maximum Gasteiger partial charge on any atom is 0.287 e. The molecule has 0 aliphatic carbocycles. The largest absolute Gasteiger partial charge is 0.382 e. The first-order chi connectivity index (χ1) is 10.1. The maximum absolute atomic E-state index is 12.1. The maximum atomic E-state index is 12.1. The van der Waals surface area contributed by atoms with Crippen LogP contribution in [0.3, 0.4) is 0 Å². The average molecular weight is 315 g/mol. The summed E-state index contributed by atoms with van der Waals surface area (Å²) in [6.45, 7) is 2.86. The van der Waals surface area contributed by atoms with E-state index in [0.29, 0.717) is 18.3 Å². The standard InChI is InChI=1S/C14H23ClN4O2/c1-18(2)7-8-19-14(20)13(15)12(10-17-19)16-6-5-11-4-3-9-21-11/h10-11,16H,3-9H2,1-2H3. The van der Waals surface area contributed by atoms with Crippen molar-refractivity contribution in [2.45, 2.75) is 31.9 Å². The number of nitrogens with zero attached hydrogens (tertiary/aromatic N) is 3.